The van der Waals surface area contributed by atoms with Gasteiger partial charge in [-0.2, -0.15) is 0 Å². The van der Waals surface area contributed by atoms with Gasteiger partial charge < -0.3 is 25.4 Å². The maximum Gasteiger partial charge on any atom is 0.226 e. The number of aliphatic imine (C=N–C) groups is 1. The molecule has 0 spiro atoms. The normalized spacial score (nSPS) is 14.9. The number of halogens is 1. The quantitative estimate of drug-likeness (QED) is 0.186. The van der Waals surface area contributed by atoms with Crippen LogP contribution in [0.2, 0.25) is 0 Å². The van der Waals surface area contributed by atoms with Gasteiger partial charge in [-0.3, -0.25) is 9.79 Å². The molecule has 1 aliphatic rings. The van der Waals surface area contributed by atoms with Gasteiger partial charge in [-0.1, -0.05) is 26.0 Å². The molecular weight excluding hydrogens is 495 g/mol. The van der Waals surface area contributed by atoms with Crippen LogP contribution in [0, 0.1) is 11.8 Å². The van der Waals surface area contributed by atoms with Gasteiger partial charge in [-0.25, -0.2) is 0 Å². The van der Waals surface area contributed by atoms with Gasteiger partial charge in [-0.05, 0) is 42.9 Å². The fourth-order valence-corrected chi connectivity index (χ4v) is 2.94. The number of carbonyl (C=O) groups is 1. The van der Waals surface area contributed by atoms with E-state index in [1.807, 2.05) is 38.1 Å². The highest BCUT2D eigenvalue weighted by Crippen LogP contribution is 2.14. The minimum absolute atomic E-state index is 0. The van der Waals surface area contributed by atoms with Crippen LogP contribution in [0.3, 0.4) is 0 Å². The minimum Gasteiger partial charge on any atom is -0.381 e. The second-order valence-corrected chi connectivity index (χ2v) is 7.68. The number of rotatable bonds is 10. The fraction of sp³-hybridized carbons (Fsp3) is 0.636. The van der Waals surface area contributed by atoms with E-state index < -0.39 is 0 Å². The molecule has 1 aromatic rings. The Morgan fingerprint density at radius 3 is 2.53 bits per heavy atom. The van der Waals surface area contributed by atoms with Gasteiger partial charge in [0.1, 0.15) is 0 Å². The van der Waals surface area contributed by atoms with E-state index in [2.05, 4.69) is 20.9 Å². The Balaban J connectivity index is 0.00000450. The smallest absolute Gasteiger partial charge is 0.226 e. The molecule has 7 nitrogen and oxygen atoms in total. The van der Waals surface area contributed by atoms with Crippen molar-refractivity contribution in [2.45, 2.75) is 39.7 Å². The SMILES string of the molecule is CN=C(NCCCOCC1CCOCC1)NCc1ccc(NC(=O)C(C)C)cc1.I. The van der Waals surface area contributed by atoms with E-state index in [0.29, 0.717) is 12.5 Å². The second kappa shape index (κ2) is 15.4. The highest BCUT2D eigenvalue weighted by Gasteiger charge is 2.13. The van der Waals surface area contributed by atoms with Crippen LogP contribution in [0.15, 0.2) is 29.3 Å². The van der Waals surface area contributed by atoms with Crippen molar-refractivity contribution < 1.29 is 14.3 Å². The summed E-state index contributed by atoms with van der Waals surface area (Å²) < 4.78 is 11.2. The Kier molecular flexibility index (Phi) is 13.7. The number of guanidine groups is 1. The maximum absolute atomic E-state index is 11.7. The summed E-state index contributed by atoms with van der Waals surface area (Å²) in [4.78, 5) is 16.0. The number of ether oxygens (including phenoxy) is 2. The average molecular weight is 532 g/mol. The van der Waals surface area contributed by atoms with Crippen molar-refractivity contribution in [3.63, 3.8) is 0 Å². The van der Waals surface area contributed by atoms with Gasteiger partial charge in [-0.15, -0.1) is 24.0 Å². The number of nitrogens with one attached hydrogen (secondary N) is 3. The van der Waals surface area contributed by atoms with E-state index in [1.165, 1.54) is 0 Å². The minimum atomic E-state index is -0.0296. The molecule has 0 aromatic heterocycles. The van der Waals surface area contributed by atoms with Gasteiger partial charge >= 0.3 is 0 Å². The molecule has 1 aromatic carbocycles. The number of nitrogens with zero attached hydrogens (tertiary/aromatic N) is 1. The lowest BCUT2D eigenvalue weighted by atomic mass is 10.0. The summed E-state index contributed by atoms with van der Waals surface area (Å²) in [5, 5.41) is 9.51. The highest BCUT2D eigenvalue weighted by molar-refractivity contribution is 14.0. The van der Waals surface area contributed by atoms with Gasteiger partial charge in [0.2, 0.25) is 5.91 Å². The van der Waals surface area contributed by atoms with Crippen molar-refractivity contribution in [1.82, 2.24) is 10.6 Å². The number of anilines is 1. The highest BCUT2D eigenvalue weighted by atomic mass is 127. The number of benzene rings is 1. The third kappa shape index (κ3) is 10.6. The lowest BCUT2D eigenvalue weighted by Gasteiger charge is -2.21. The molecule has 8 heteroatoms. The summed E-state index contributed by atoms with van der Waals surface area (Å²) in [6.07, 6.45) is 3.16. The zero-order valence-electron chi connectivity index (χ0n) is 18.4. The van der Waals surface area contributed by atoms with E-state index >= 15 is 0 Å². The molecule has 0 unspecified atom stereocenters. The Morgan fingerprint density at radius 2 is 1.90 bits per heavy atom. The second-order valence-electron chi connectivity index (χ2n) is 7.68. The van der Waals surface area contributed by atoms with Gasteiger partial charge in [0.15, 0.2) is 5.96 Å². The third-order valence-electron chi connectivity index (χ3n) is 4.88. The predicted molar refractivity (Wildman–Crippen MR) is 133 cm³/mol. The Morgan fingerprint density at radius 1 is 1.20 bits per heavy atom. The van der Waals surface area contributed by atoms with E-state index in [0.717, 1.165) is 69.4 Å². The summed E-state index contributed by atoms with van der Waals surface area (Å²) in [6, 6.07) is 7.84. The zero-order chi connectivity index (χ0) is 20.9. The standard InChI is InChI=1S/C22H36N4O3.HI/c1-17(2)21(27)26-20-7-5-18(6-8-20)15-25-22(23-3)24-11-4-12-29-16-19-9-13-28-14-10-19;/h5-8,17,19H,4,9-16H2,1-3H3,(H,26,27)(H2,23,24,25);1H. The first kappa shape index (κ1) is 26.6. The predicted octanol–water partition coefficient (Wildman–Crippen LogP) is 3.40. The fourth-order valence-electron chi connectivity index (χ4n) is 2.94. The van der Waals surface area contributed by atoms with Crippen molar-refractivity contribution in [2.24, 2.45) is 16.8 Å². The van der Waals surface area contributed by atoms with Crippen LogP contribution in [0.4, 0.5) is 5.69 Å². The molecule has 1 amide bonds. The van der Waals surface area contributed by atoms with Gasteiger partial charge in [0.05, 0.1) is 0 Å². The summed E-state index contributed by atoms with van der Waals surface area (Å²) in [7, 11) is 1.77. The lowest BCUT2D eigenvalue weighted by Crippen LogP contribution is -2.37. The number of amides is 1. The summed E-state index contributed by atoms with van der Waals surface area (Å²) in [5.74, 6) is 1.41. The largest absolute Gasteiger partial charge is 0.381 e. The molecule has 3 N–H and O–H groups in total. The van der Waals surface area contributed by atoms with Crippen LogP contribution in [0.1, 0.15) is 38.7 Å². The van der Waals surface area contributed by atoms with E-state index in [9.17, 15) is 4.79 Å². The van der Waals surface area contributed by atoms with Gasteiger partial charge in [0, 0.05) is 58.2 Å². The molecule has 0 bridgehead atoms. The van der Waals surface area contributed by atoms with Crippen LogP contribution in [0.25, 0.3) is 0 Å². The van der Waals surface area contributed by atoms with Crippen molar-refractivity contribution in [3.8, 4) is 0 Å². The number of carbonyl (C=O) groups excluding carboxylic acids is 1. The first-order chi connectivity index (χ1) is 14.1. The van der Waals surface area contributed by atoms with Crippen molar-refractivity contribution >= 4 is 41.5 Å². The molecule has 1 fully saturated rings. The Hall–Kier alpha value is -1.39. The average Bonchev–Trinajstić information content (AvgIpc) is 2.74. The van der Waals surface area contributed by atoms with E-state index in [-0.39, 0.29) is 35.8 Å². The first-order valence-corrected chi connectivity index (χ1v) is 10.6. The summed E-state index contributed by atoms with van der Waals surface area (Å²) >= 11 is 0. The molecule has 0 radical (unpaired) electrons. The molecule has 30 heavy (non-hydrogen) atoms. The van der Waals surface area contributed by atoms with Crippen molar-refractivity contribution in [1.29, 1.82) is 0 Å². The molecule has 2 rings (SSSR count). The van der Waals surface area contributed by atoms with Crippen LogP contribution < -0.4 is 16.0 Å². The molecule has 0 atom stereocenters. The maximum atomic E-state index is 11.7. The molecule has 0 saturated carbocycles. The van der Waals surface area contributed by atoms with Crippen molar-refractivity contribution in [2.75, 3.05) is 45.3 Å². The first-order valence-electron chi connectivity index (χ1n) is 10.6. The summed E-state index contributed by atoms with van der Waals surface area (Å²) in [6.45, 7) is 8.57. The Bertz CT molecular complexity index is 632. The molecule has 1 heterocycles. The monoisotopic (exact) mass is 532 g/mol. The van der Waals surface area contributed by atoms with Crippen LogP contribution in [0.5, 0.6) is 0 Å². The van der Waals surface area contributed by atoms with Crippen molar-refractivity contribution in [3.05, 3.63) is 29.8 Å². The van der Waals surface area contributed by atoms with Crippen LogP contribution in [-0.4, -0.2) is 51.9 Å². The molecule has 0 aliphatic carbocycles. The summed E-state index contributed by atoms with van der Waals surface area (Å²) in [5.41, 5.74) is 1.94. The number of hydrogen-bond donors (Lipinski definition) is 3. The van der Waals surface area contributed by atoms with Gasteiger partial charge in [0.25, 0.3) is 0 Å². The Labute approximate surface area is 197 Å². The van der Waals surface area contributed by atoms with E-state index in [1.54, 1.807) is 7.05 Å². The molecule has 170 valence electrons. The lowest BCUT2D eigenvalue weighted by molar-refractivity contribution is -0.118. The molecule has 1 saturated heterocycles. The number of hydrogen-bond acceptors (Lipinski definition) is 4. The molecular formula is C22H37IN4O3. The van der Waals surface area contributed by atoms with E-state index in [4.69, 9.17) is 9.47 Å². The third-order valence-corrected chi connectivity index (χ3v) is 4.88. The van der Waals surface area contributed by atoms with Crippen LogP contribution in [-0.2, 0) is 20.8 Å². The van der Waals surface area contributed by atoms with Crippen LogP contribution >= 0.6 is 24.0 Å². The molecule has 1 aliphatic heterocycles. The zero-order valence-corrected chi connectivity index (χ0v) is 20.7. The topological polar surface area (TPSA) is 84.0 Å².